The third kappa shape index (κ3) is 3.53. The van der Waals surface area contributed by atoms with Crippen LogP contribution in [0.5, 0.6) is 0 Å². The monoisotopic (exact) mass is 334 g/mol. The molecule has 0 fully saturated rings. The van der Waals surface area contributed by atoms with Gasteiger partial charge in [0, 0.05) is 6.54 Å². The Labute approximate surface area is 129 Å². The summed E-state index contributed by atoms with van der Waals surface area (Å²) < 4.78 is 26.8. The van der Waals surface area contributed by atoms with Crippen LogP contribution in [0.25, 0.3) is 0 Å². The van der Waals surface area contributed by atoms with Crippen LogP contribution in [0.2, 0.25) is 10.0 Å². The standard InChI is InChI=1S/C13H10Cl2F2N2S/c1-2-18-12-8(14)6-9(15)13(19-12)20-11-5-7(16)3-4-10(11)17/h3-6H,2H2,1H3,(H,18,19). The van der Waals surface area contributed by atoms with Crippen molar-refractivity contribution in [1.29, 1.82) is 0 Å². The summed E-state index contributed by atoms with van der Waals surface area (Å²) in [5.74, 6) is -0.599. The first-order valence-electron chi connectivity index (χ1n) is 5.74. The van der Waals surface area contributed by atoms with Crippen LogP contribution in [0.15, 0.2) is 34.2 Å². The van der Waals surface area contributed by atoms with E-state index in [-0.39, 0.29) is 9.92 Å². The van der Waals surface area contributed by atoms with Gasteiger partial charge in [-0.05, 0) is 31.2 Å². The highest BCUT2D eigenvalue weighted by molar-refractivity contribution is 7.99. The van der Waals surface area contributed by atoms with Gasteiger partial charge in [0.25, 0.3) is 0 Å². The summed E-state index contributed by atoms with van der Waals surface area (Å²) in [6.07, 6.45) is 0. The molecule has 2 aromatic rings. The number of halogens is 4. The maximum Gasteiger partial charge on any atom is 0.146 e. The fraction of sp³-hybridized carbons (Fsp3) is 0.154. The molecule has 0 bridgehead atoms. The van der Waals surface area contributed by atoms with Gasteiger partial charge in [-0.25, -0.2) is 13.8 Å². The molecule has 2 rings (SSSR count). The lowest BCUT2D eigenvalue weighted by molar-refractivity contribution is 0.577. The Balaban J connectivity index is 2.37. The summed E-state index contributed by atoms with van der Waals surface area (Å²) in [6, 6.07) is 4.74. The second kappa shape index (κ2) is 6.61. The predicted molar refractivity (Wildman–Crippen MR) is 78.9 cm³/mol. The van der Waals surface area contributed by atoms with E-state index in [0.717, 1.165) is 30.0 Å². The van der Waals surface area contributed by atoms with Crippen LogP contribution in [0.3, 0.4) is 0 Å². The van der Waals surface area contributed by atoms with Gasteiger partial charge in [-0.2, -0.15) is 0 Å². The Hall–Kier alpha value is -1.04. The molecule has 0 saturated heterocycles. The number of benzene rings is 1. The first-order valence-corrected chi connectivity index (χ1v) is 7.31. The first kappa shape index (κ1) is 15.4. The Kier molecular flexibility index (Phi) is 5.07. The molecule has 106 valence electrons. The zero-order valence-electron chi connectivity index (χ0n) is 10.4. The molecule has 0 saturated carbocycles. The summed E-state index contributed by atoms with van der Waals surface area (Å²) in [4.78, 5) is 4.34. The predicted octanol–water partition coefficient (Wildman–Crippen LogP) is 5.25. The molecule has 1 heterocycles. The van der Waals surface area contributed by atoms with Crippen molar-refractivity contribution in [1.82, 2.24) is 4.98 Å². The number of pyridine rings is 1. The molecule has 1 aromatic heterocycles. The number of hydrogen-bond acceptors (Lipinski definition) is 3. The zero-order valence-corrected chi connectivity index (χ0v) is 12.7. The normalized spacial score (nSPS) is 10.7. The summed E-state index contributed by atoms with van der Waals surface area (Å²) in [6.45, 7) is 2.53. The lowest BCUT2D eigenvalue weighted by atomic mass is 10.3. The summed E-state index contributed by atoms with van der Waals surface area (Å²) in [5.41, 5.74) is 0. The smallest absolute Gasteiger partial charge is 0.146 e. The molecule has 7 heteroatoms. The van der Waals surface area contributed by atoms with Crippen molar-refractivity contribution in [3.63, 3.8) is 0 Å². The highest BCUT2D eigenvalue weighted by Gasteiger charge is 2.13. The highest BCUT2D eigenvalue weighted by Crippen LogP contribution is 2.37. The van der Waals surface area contributed by atoms with E-state index in [2.05, 4.69) is 10.3 Å². The molecule has 0 aliphatic carbocycles. The van der Waals surface area contributed by atoms with E-state index in [0.29, 0.717) is 22.4 Å². The van der Waals surface area contributed by atoms with Gasteiger partial charge < -0.3 is 5.32 Å². The van der Waals surface area contributed by atoms with Crippen molar-refractivity contribution in [3.05, 3.63) is 45.9 Å². The lowest BCUT2D eigenvalue weighted by Gasteiger charge is -2.10. The van der Waals surface area contributed by atoms with Crippen LogP contribution in [-0.2, 0) is 0 Å². The van der Waals surface area contributed by atoms with Crippen LogP contribution in [0.4, 0.5) is 14.6 Å². The number of hydrogen-bond donors (Lipinski definition) is 1. The number of rotatable bonds is 4. The fourth-order valence-electron chi connectivity index (χ4n) is 1.47. The maximum absolute atomic E-state index is 13.6. The molecule has 0 unspecified atom stereocenters. The average Bonchev–Trinajstić information content (AvgIpc) is 2.39. The van der Waals surface area contributed by atoms with E-state index >= 15 is 0 Å². The number of anilines is 1. The van der Waals surface area contributed by atoms with E-state index in [4.69, 9.17) is 23.2 Å². The van der Waals surface area contributed by atoms with Crippen molar-refractivity contribution in [2.75, 3.05) is 11.9 Å². The summed E-state index contributed by atoms with van der Waals surface area (Å²) >= 11 is 13.0. The second-order valence-electron chi connectivity index (χ2n) is 3.81. The molecule has 1 aromatic carbocycles. The van der Waals surface area contributed by atoms with Crippen molar-refractivity contribution in [2.45, 2.75) is 16.8 Å². The molecular weight excluding hydrogens is 325 g/mol. The van der Waals surface area contributed by atoms with Crippen molar-refractivity contribution in [2.24, 2.45) is 0 Å². The van der Waals surface area contributed by atoms with Crippen LogP contribution in [0.1, 0.15) is 6.92 Å². The molecule has 2 nitrogen and oxygen atoms in total. The van der Waals surface area contributed by atoms with Crippen molar-refractivity contribution < 1.29 is 8.78 Å². The molecule has 20 heavy (non-hydrogen) atoms. The quantitative estimate of drug-likeness (QED) is 0.826. The van der Waals surface area contributed by atoms with Crippen LogP contribution >= 0.6 is 35.0 Å². The molecule has 0 radical (unpaired) electrons. The third-order valence-electron chi connectivity index (χ3n) is 2.34. The maximum atomic E-state index is 13.6. The molecule has 0 amide bonds. The van der Waals surface area contributed by atoms with E-state index in [1.54, 1.807) is 0 Å². The van der Waals surface area contributed by atoms with Gasteiger partial charge in [-0.1, -0.05) is 35.0 Å². The van der Waals surface area contributed by atoms with Crippen LogP contribution in [0, 0.1) is 11.6 Å². The van der Waals surface area contributed by atoms with Crippen molar-refractivity contribution >= 4 is 40.8 Å². The summed E-state index contributed by atoms with van der Waals surface area (Å²) in [7, 11) is 0. The van der Waals surface area contributed by atoms with Gasteiger partial charge in [-0.3, -0.25) is 0 Å². The van der Waals surface area contributed by atoms with Gasteiger partial charge in [0.15, 0.2) is 0 Å². The zero-order chi connectivity index (χ0) is 14.7. The average molecular weight is 335 g/mol. The Morgan fingerprint density at radius 3 is 2.65 bits per heavy atom. The Morgan fingerprint density at radius 1 is 1.20 bits per heavy atom. The molecular formula is C13H10Cl2F2N2S. The van der Waals surface area contributed by atoms with Crippen LogP contribution < -0.4 is 5.32 Å². The second-order valence-corrected chi connectivity index (χ2v) is 5.66. The Bertz CT molecular complexity index is 638. The van der Waals surface area contributed by atoms with E-state index in [1.807, 2.05) is 6.92 Å². The van der Waals surface area contributed by atoms with Gasteiger partial charge in [-0.15, -0.1) is 0 Å². The largest absolute Gasteiger partial charge is 0.369 e. The van der Waals surface area contributed by atoms with Gasteiger partial charge in [0.2, 0.25) is 0 Å². The van der Waals surface area contributed by atoms with Gasteiger partial charge in [0.05, 0.1) is 14.9 Å². The third-order valence-corrected chi connectivity index (χ3v) is 4.07. The number of aromatic nitrogens is 1. The first-order chi connectivity index (χ1) is 9.51. The fourth-order valence-corrected chi connectivity index (χ4v) is 2.85. The van der Waals surface area contributed by atoms with Crippen LogP contribution in [-0.4, -0.2) is 11.5 Å². The molecule has 0 aliphatic rings. The molecule has 1 N–H and O–H groups in total. The van der Waals surface area contributed by atoms with E-state index in [9.17, 15) is 8.78 Å². The molecule has 0 aliphatic heterocycles. The molecule has 0 atom stereocenters. The van der Waals surface area contributed by atoms with Gasteiger partial charge in [0.1, 0.15) is 22.5 Å². The SMILES string of the molecule is CCNc1nc(Sc2cc(F)ccc2F)c(Cl)cc1Cl. The van der Waals surface area contributed by atoms with E-state index in [1.165, 1.54) is 6.07 Å². The van der Waals surface area contributed by atoms with Gasteiger partial charge >= 0.3 is 0 Å². The van der Waals surface area contributed by atoms with Crippen molar-refractivity contribution in [3.8, 4) is 0 Å². The molecule has 0 spiro atoms. The minimum Gasteiger partial charge on any atom is -0.369 e. The van der Waals surface area contributed by atoms with E-state index < -0.39 is 11.6 Å². The minimum absolute atomic E-state index is 0.115. The number of nitrogens with one attached hydrogen (secondary N) is 1. The summed E-state index contributed by atoms with van der Waals surface area (Å²) in [5, 5.41) is 3.99. The minimum atomic E-state index is -0.533. The highest BCUT2D eigenvalue weighted by atomic mass is 35.5. The number of nitrogens with zero attached hydrogens (tertiary/aromatic N) is 1. The lowest BCUT2D eigenvalue weighted by Crippen LogP contribution is -2.01. The topological polar surface area (TPSA) is 24.9 Å². The Morgan fingerprint density at radius 2 is 1.95 bits per heavy atom.